The molecule has 0 unspecified atom stereocenters. The Bertz CT molecular complexity index is 576. The predicted molar refractivity (Wildman–Crippen MR) is 70.8 cm³/mol. The second kappa shape index (κ2) is 4.60. The van der Waals surface area contributed by atoms with Crippen LogP contribution in [0.3, 0.4) is 0 Å². The van der Waals surface area contributed by atoms with Gasteiger partial charge in [-0.15, -0.1) is 0 Å². The van der Waals surface area contributed by atoms with E-state index in [1.807, 2.05) is 13.8 Å². The number of ether oxygens (including phenoxy) is 1. The van der Waals surface area contributed by atoms with Crippen LogP contribution >= 0.6 is 0 Å². The summed E-state index contributed by atoms with van der Waals surface area (Å²) in [6.45, 7) is 4.02. The third-order valence-electron chi connectivity index (χ3n) is 2.93. The summed E-state index contributed by atoms with van der Waals surface area (Å²) in [6.07, 6.45) is 0.859. The van der Waals surface area contributed by atoms with Crippen LogP contribution < -0.4 is 10.5 Å². The lowest BCUT2D eigenvalue weighted by Crippen LogP contribution is -1.94. The zero-order valence-corrected chi connectivity index (χ0v) is 10.7. The Morgan fingerprint density at radius 2 is 2.17 bits per heavy atom. The molecule has 0 amide bonds. The molecule has 1 heterocycles. The molecule has 0 aliphatic carbocycles. The number of methoxy groups -OCH3 is 1. The van der Waals surface area contributed by atoms with Crippen molar-refractivity contribution in [2.75, 3.05) is 12.8 Å². The number of nitrogen functional groups attached to an aromatic ring is 1. The molecule has 0 atom stereocenters. The summed E-state index contributed by atoms with van der Waals surface area (Å²) >= 11 is 0. The number of aromatic hydroxyl groups is 1. The van der Waals surface area contributed by atoms with Crippen LogP contribution in [0.2, 0.25) is 0 Å². The van der Waals surface area contributed by atoms with Crippen molar-refractivity contribution in [1.82, 2.24) is 9.97 Å². The number of aromatic amines is 1. The quantitative estimate of drug-likeness (QED) is 0.726. The van der Waals surface area contributed by atoms with Gasteiger partial charge in [-0.25, -0.2) is 4.98 Å². The highest BCUT2D eigenvalue weighted by Crippen LogP contribution is 2.35. The van der Waals surface area contributed by atoms with Gasteiger partial charge in [0.05, 0.1) is 12.8 Å². The zero-order chi connectivity index (χ0) is 13.3. The largest absolute Gasteiger partial charge is 0.504 e. The molecule has 96 valence electrons. The maximum absolute atomic E-state index is 9.63. The van der Waals surface area contributed by atoms with Crippen molar-refractivity contribution in [2.45, 2.75) is 20.3 Å². The lowest BCUT2D eigenvalue weighted by Gasteiger charge is -2.08. The van der Waals surface area contributed by atoms with E-state index in [9.17, 15) is 5.11 Å². The van der Waals surface area contributed by atoms with E-state index in [1.54, 1.807) is 6.07 Å². The maximum atomic E-state index is 9.63. The molecule has 0 spiro atoms. The molecule has 5 heteroatoms. The van der Waals surface area contributed by atoms with Gasteiger partial charge in [0.25, 0.3) is 0 Å². The van der Waals surface area contributed by atoms with Gasteiger partial charge in [0.2, 0.25) is 0 Å². The van der Waals surface area contributed by atoms with Crippen molar-refractivity contribution in [1.29, 1.82) is 0 Å². The van der Waals surface area contributed by atoms with Gasteiger partial charge in [0.1, 0.15) is 5.82 Å². The molecular weight excluding hydrogens is 230 g/mol. The van der Waals surface area contributed by atoms with Crippen LogP contribution in [0.25, 0.3) is 11.4 Å². The van der Waals surface area contributed by atoms with Crippen LogP contribution in [0.1, 0.15) is 18.3 Å². The van der Waals surface area contributed by atoms with E-state index in [0.717, 1.165) is 23.4 Å². The molecular formula is C13H17N3O2. The summed E-state index contributed by atoms with van der Waals surface area (Å²) < 4.78 is 5.08. The third-order valence-corrected chi connectivity index (χ3v) is 2.93. The molecule has 2 aromatic rings. The molecule has 0 saturated carbocycles. The average molecular weight is 247 g/mol. The number of nitrogens with two attached hydrogens (primary N) is 1. The number of hydrogen-bond donors (Lipinski definition) is 3. The Morgan fingerprint density at radius 1 is 1.44 bits per heavy atom. The van der Waals surface area contributed by atoms with Gasteiger partial charge in [-0.3, -0.25) is 0 Å². The van der Waals surface area contributed by atoms with Crippen molar-refractivity contribution < 1.29 is 9.84 Å². The highest BCUT2D eigenvalue weighted by molar-refractivity contribution is 5.76. The fourth-order valence-electron chi connectivity index (χ4n) is 1.92. The van der Waals surface area contributed by atoms with Crippen LogP contribution in [-0.4, -0.2) is 22.2 Å². The smallest absolute Gasteiger partial charge is 0.161 e. The summed E-state index contributed by atoms with van der Waals surface area (Å²) in [5.41, 5.74) is 9.13. The summed E-state index contributed by atoms with van der Waals surface area (Å²) in [4.78, 5) is 7.69. The molecule has 4 N–H and O–H groups in total. The Hall–Kier alpha value is -2.17. The van der Waals surface area contributed by atoms with Gasteiger partial charge in [-0.2, -0.15) is 0 Å². The van der Waals surface area contributed by atoms with Crippen molar-refractivity contribution >= 4 is 5.69 Å². The molecule has 2 rings (SSSR count). The monoisotopic (exact) mass is 247 g/mol. The van der Waals surface area contributed by atoms with Crippen LogP contribution in [0.15, 0.2) is 12.1 Å². The summed E-state index contributed by atoms with van der Waals surface area (Å²) in [7, 11) is 1.50. The van der Waals surface area contributed by atoms with Gasteiger partial charge >= 0.3 is 0 Å². The number of nitrogens with one attached hydrogen (secondary N) is 1. The molecule has 18 heavy (non-hydrogen) atoms. The van der Waals surface area contributed by atoms with Crippen molar-refractivity contribution in [3.05, 3.63) is 23.5 Å². The van der Waals surface area contributed by atoms with Crippen molar-refractivity contribution in [2.24, 2.45) is 0 Å². The molecule has 0 bridgehead atoms. The van der Waals surface area contributed by atoms with Crippen LogP contribution in [0.4, 0.5) is 5.69 Å². The number of H-pyrrole nitrogens is 1. The SMILES string of the molecule is CCc1nc(-c2cc(OC)c(O)cc2N)[nH]c1C. The van der Waals surface area contributed by atoms with Crippen molar-refractivity contribution in [3.63, 3.8) is 0 Å². The highest BCUT2D eigenvalue weighted by atomic mass is 16.5. The Morgan fingerprint density at radius 3 is 2.72 bits per heavy atom. The Labute approximate surface area is 106 Å². The number of nitrogens with zero attached hydrogens (tertiary/aromatic N) is 1. The summed E-state index contributed by atoms with van der Waals surface area (Å²) in [5.74, 6) is 1.10. The molecule has 0 saturated heterocycles. The first-order valence-corrected chi connectivity index (χ1v) is 5.79. The first kappa shape index (κ1) is 12.3. The Kier molecular flexibility index (Phi) is 3.14. The molecule has 0 aliphatic rings. The minimum atomic E-state index is 0.0257. The van der Waals surface area contributed by atoms with E-state index >= 15 is 0 Å². The number of imidazole rings is 1. The minimum Gasteiger partial charge on any atom is -0.504 e. The first-order chi connectivity index (χ1) is 8.56. The number of phenolic OH excluding ortho intramolecular Hbond substituents is 1. The van der Waals surface area contributed by atoms with Crippen molar-refractivity contribution in [3.8, 4) is 22.9 Å². The fraction of sp³-hybridized carbons (Fsp3) is 0.308. The zero-order valence-electron chi connectivity index (χ0n) is 10.7. The molecule has 1 aromatic heterocycles. The first-order valence-electron chi connectivity index (χ1n) is 5.79. The molecule has 0 aliphatic heterocycles. The average Bonchev–Trinajstić information content (AvgIpc) is 2.70. The molecule has 1 aromatic carbocycles. The lowest BCUT2D eigenvalue weighted by molar-refractivity contribution is 0.374. The third kappa shape index (κ3) is 1.99. The van der Waals surface area contributed by atoms with Gasteiger partial charge < -0.3 is 20.6 Å². The number of rotatable bonds is 3. The van der Waals surface area contributed by atoms with E-state index < -0.39 is 0 Å². The number of aromatic nitrogens is 2. The summed E-state index contributed by atoms with van der Waals surface area (Å²) in [5, 5.41) is 9.63. The molecule has 0 fully saturated rings. The van der Waals surface area contributed by atoms with E-state index in [4.69, 9.17) is 10.5 Å². The van der Waals surface area contributed by atoms with E-state index in [-0.39, 0.29) is 5.75 Å². The number of aryl methyl sites for hydroxylation is 2. The van der Waals surface area contributed by atoms with Gasteiger partial charge in [-0.1, -0.05) is 6.92 Å². The number of benzene rings is 1. The predicted octanol–water partition coefficient (Wildman–Crippen LogP) is 2.24. The van der Waals surface area contributed by atoms with E-state index in [0.29, 0.717) is 17.3 Å². The minimum absolute atomic E-state index is 0.0257. The molecule has 5 nitrogen and oxygen atoms in total. The van der Waals surface area contributed by atoms with E-state index in [2.05, 4.69) is 9.97 Å². The van der Waals surface area contributed by atoms with Gasteiger partial charge in [-0.05, 0) is 19.4 Å². The van der Waals surface area contributed by atoms with Gasteiger partial charge in [0, 0.05) is 23.0 Å². The second-order valence-corrected chi connectivity index (χ2v) is 4.12. The maximum Gasteiger partial charge on any atom is 0.161 e. The fourth-order valence-corrected chi connectivity index (χ4v) is 1.92. The van der Waals surface area contributed by atoms with Gasteiger partial charge in [0.15, 0.2) is 11.5 Å². The summed E-state index contributed by atoms with van der Waals surface area (Å²) in [6, 6.07) is 3.15. The van der Waals surface area contributed by atoms with Crippen LogP contribution in [0, 0.1) is 6.92 Å². The number of anilines is 1. The van der Waals surface area contributed by atoms with E-state index in [1.165, 1.54) is 13.2 Å². The topological polar surface area (TPSA) is 84.2 Å². The van der Waals surface area contributed by atoms with Crippen LogP contribution in [-0.2, 0) is 6.42 Å². The normalized spacial score (nSPS) is 10.6. The second-order valence-electron chi connectivity index (χ2n) is 4.12. The standard InChI is InChI=1S/C13H17N3O2/c1-4-10-7(2)15-13(16-10)8-5-12(18-3)11(17)6-9(8)14/h5-6,17H,4,14H2,1-3H3,(H,15,16). The highest BCUT2D eigenvalue weighted by Gasteiger charge is 2.13. The Balaban J connectivity index is 2.55. The van der Waals surface area contributed by atoms with Crippen LogP contribution in [0.5, 0.6) is 11.5 Å². The molecule has 0 radical (unpaired) electrons. The number of hydrogen-bond acceptors (Lipinski definition) is 4. The number of phenols is 1. The lowest BCUT2D eigenvalue weighted by atomic mass is 10.1.